The number of fused-ring (bicyclic) bond motifs is 3. The fourth-order valence-electron chi connectivity index (χ4n) is 5.57. The molecule has 2 aliphatic carbocycles. The third kappa shape index (κ3) is 4.99. The van der Waals surface area contributed by atoms with Crippen LogP contribution in [0, 0.1) is 0 Å². The van der Waals surface area contributed by atoms with E-state index in [-0.39, 0.29) is 37.6 Å². The van der Waals surface area contributed by atoms with Crippen LogP contribution < -0.4 is 10.1 Å². The molecule has 0 spiro atoms. The van der Waals surface area contributed by atoms with Crippen molar-refractivity contribution in [1.82, 2.24) is 10.2 Å². The van der Waals surface area contributed by atoms with Crippen LogP contribution in [0.2, 0.25) is 0 Å². The van der Waals surface area contributed by atoms with Crippen molar-refractivity contribution in [3.63, 3.8) is 0 Å². The highest BCUT2D eigenvalue weighted by Crippen LogP contribution is 2.47. The van der Waals surface area contributed by atoms with E-state index in [0.29, 0.717) is 17.9 Å². The second-order valence-corrected chi connectivity index (χ2v) is 9.26. The average Bonchev–Trinajstić information content (AvgIpc) is 3.04. The minimum atomic E-state index is -0.999. The summed E-state index contributed by atoms with van der Waals surface area (Å²) in [5, 5.41) is 23.5. The monoisotopic (exact) mass is 472 g/mol. The Labute approximate surface area is 200 Å². The van der Waals surface area contributed by atoms with Gasteiger partial charge in [0.15, 0.2) is 0 Å². The van der Waals surface area contributed by atoms with Crippen molar-refractivity contribution in [2.75, 3.05) is 26.4 Å². The minimum Gasteiger partial charge on any atom is -0.486 e. The van der Waals surface area contributed by atoms with Gasteiger partial charge in [-0.05, 0) is 31.9 Å². The number of amides is 2. The normalized spacial score (nSPS) is 26.5. The lowest BCUT2D eigenvalue weighted by molar-refractivity contribution is -0.145. The van der Waals surface area contributed by atoms with Crippen LogP contribution in [0.1, 0.15) is 56.9 Å². The second-order valence-electron chi connectivity index (χ2n) is 9.26. The van der Waals surface area contributed by atoms with Crippen LogP contribution in [0.15, 0.2) is 35.9 Å². The predicted molar refractivity (Wildman–Crippen MR) is 126 cm³/mol. The molecule has 8 nitrogen and oxygen atoms in total. The maximum Gasteiger partial charge on any atom is 0.249 e. The second kappa shape index (κ2) is 11.3. The van der Waals surface area contributed by atoms with Gasteiger partial charge in [0.2, 0.25) is 11.8 Å². The summed E-state index contributed by atoms with van der Waals surface area (Å²) < 4.78 is 11.6. The van der Waals surface area contributed by atoms with Gasteiger partial charge in [-0.15, -0.1) is 0 Å². The van der Waals surface area contributed by atoms with E-state index in [0.717, 1.165) is 44.1 Å². The summed E-state index contributed by atoms with van der Waals surface area (Å²) >= 11 is 0. The molecule has 34 heavy (non-hydrogen) atoms. The molecule has 4 unspecified atom stereocenters. The van der Waals surface area contributed by atoms with Crippen LogP contribution >= 0.6 is 0 Å². The summed E-state index contributed by atoms with van der Waals surface area (Å²) in [6.07, 6.45) is 6.08. The van der Waals surface area contributed by atoms with Gasteiger partial charge >= 0.3 is 0 Å². The van der Waals surface area contributed by atoms with Crippen molar-refractivity contribution < 1.29 is 29.3 Å². The number of para-hydroxylation sites is 1. The zero-order valence-corrected chi connectivity index (χ0v) is 19.8. The fraction of sp³-hybridized carbons (Fsp3) is 0.615. The summed E-state index contributed by atoms with van der Waals surface area (Å²) in [7, 11) is 0. The first-order valence-corrected chi connectivity index (χ1v) is 12.5. The van der Waals surface area contributed by atoms with Gasteiger partial charge in [-0.2, -0.15) is 0 Å². The van der Waals surface area contributed by atoms with Gasteiger partial charge in [-0.25, -0.2) is 0 Å². The van der Waals surface area contributed by atoms with Crippen molar-refractivity contribution >= 4 is 11.8 Å². The fourth-order valence-corrected chi connectivity index (χ4v) is 5.57. The molecule has 1 aromatic carbocycles. The molecule has 0 bridgehead atoms. The van der Waals surface area contributed by atoms with Crippen LogP contribution in [-0.2, 0) is 14.3 Å². The quantitative estimate of drug-likeness (QED) is 0.499. The summed E-state index contributed by atoms with van der Waals surface area (Å²) in [5.74, 6) is -0.309. The first-order chi connectivity index (χ1) is 16.6. The number of ether oxygens (including phenoxy) is 2. The third-order valence-corrected chi connectivity index (χ3v) is 7.13. The zero-order chi connectivity index (χ0) is 24.1. The molecule has 3 N–H and O–H groups in total. The van der Waals surface area contributed by atoms with E-state index in [1.807, 2.05) is 31.2 Å². The standard InChI is InChI=1S/C26H36N2O6/c1-2-33-16-22(30)28(17-9-5-3-4-6-10-17)20-15-19(26(32)27-13-14-29)23-18-11-7-8-12-21(18)34-25(23)24(20)31/h7-8,11-12,15,17,20,23-25,29,31H,2-6,9-10,13-14,16H2,1H3,(H,27,32). The molecule has 8 heteroatoms. The maximum absolute atomic E-state index is 13.4. The van der Waals surface area contributed by atoms with Gasteiger partial charge in [0.25, 0.3) is 0 Å². The Morgan fingerprint density at radius 2 is 1.91 bits per heavy atom. The lowest BCUT2D eigenvalue weighted by Crippen LogP contribution is -2.59. The third-order valence-electron chi connectivity index (χ3n) is 7.13. The summed E-state index contributed by atoms with van der Waals surface area (Å²) in [4.78, 5) is 28.4. The predicted octanol–water partition coefficient (Wildman–Crippen LogP) is 1.90. The number of nitrogens with one attached hydrogen (secondary N) is 1. The van der Waals surface area contributed by atoms with Crippen LogP contribution in [0.25, 0.3) is 0 Å². The average molecular weight is 473 g/mol. The van der Waals surface area contributed by atoms with Crippen molar-refractivity contribution in [2.24, 2.45) is 0 Å². The number of benzene rings is 1. The molecule has 1 fully saturated rings. The Morgan fingerprint density at radius 1 is 1.18 bits per heavy atom. The first-order valence-electron chi connectivity index (χ1n) is 12.5. The van der Waals surface area contributed by atoms with E-state index >= 15 is 0 Å². The van der Waals surface area contributed by atoms with E-state index in [1.54, 1.807) is 11.0 Å². The Balaban J connectivity index is 1.74. The largest absolute Gasteiger partial charge is 0.486 e. The summed E-state index contributed by atoms with van der Waals surface area (Å²) in [5.41, 5.74) is 1.30. The van der Waals surface area contributed by atoms with E-state index in [1.165, 1.54) is 0 Å². The van der Waals surface area contributed by atoms with Crippen LogP contribution in [0.3, 0.4) is 0 Å². The van der Waals surface area contributed by atoms with Crippen LogP contribution in [-0.4, -0.2) is 77.6 Å². The minimum absolute atomic E-state index is 0.0339. The molecule has 4 atom stereocenters. The van der Waals surface area contributed by atoms with Crippen molar-refractivity contribution in [3.05, 3.63) is 41.5 Å². The number of aliphatic hydroxyl groups is 2. The van der Waals surface area contributed by atoms with Gasteiger partial charge < -0.3 is 29.9 Å². The number of rotatable bonds is 8. The number of carbonyl (C=O) groups excluding carboxylic acids is 2. The van der Waals surface area contributed by atoms with E-state index in [2.05, 4.69) is 5.32 Å². The van der Waals surface area contributed by atoms with Crippen molar-refractivity contribution in [1.29, 1.82) is 0 Å². The molecule has 1 heterocycles. The first kappa shape index (κ1) is 24.7. The van der Waals surface area contributed by atoms with E-state index in [4.69, 9.17) is 9.47 Å². The highest BCUT2D eigenvalue weighted by Gasteiger charge is 2.51. The van der Waals surface area contributed by atoms with Gasteiger partial charge in [-0.3, -0.25) is 9.59 Å². The molecule has 0 saturated heterocycles. The molecule has 0 aromatic heterocycles. The lowest BCUT2D eigenvalue weighted by Gasteiger charge is -2.44. The van der Waals surface area contributed by atoms with E-state index < -0.39 is 24.2 Å². The number of nitrogens with zero attached hydrogens (tertiary/aromatic N) is 1. The van der Waals surface area contributed by atoms with Crippen LogP contribution in [0.4, 0.5) is 0 Å². The molecule has 1 aromatic rings. The molecule has 186 valence electrons. The Kier molecular flexibility index (Phi) is 8.24. The van der Waals surface area contributed by atoms with Gasteiger partial charge in [0, 0.05) is 30.3 Å². The maximum atomic E-state index is 13.4. The molecular weight excluding hydrogens is 436 g/mol. The highest BCUT2D eigenvalue weighted by molar-refractivity contribution is 5.96. The molecule has 1 saturated carbocycles. The molecule has 1 aliphatic heterocycles. The van der Waals surface area contributed by atoms with Crippen molar-refractivity contribution in [2.45, 2.75) is 75.7 Å². The number of hydrogen-bond donors (Lipinski definition) is 3. The Morgan fingerprint density at radius 3 is 2.62 bits per heavy atom. The van der Waals surface area contributed by atoms with Crippen LogP contribution in [0.5, 0.6) is 5.75 Å². The number of aliphatic hydroxyl groups excluding tert-OH is 2. The molecule has 2 amide bonds. The van der Waals surface area contributed by atoms with Gasteiger partial charge in [0.1, 0.15) is 24.6 Å². The summed E-state index contributed by atoms with van der Waals surface area (Å²) in [6, 6.07) is 6.75. The summed E-state index contributed by atoms with van der Waals surface area (Å²) in [6.45, 7) is 2.15. The Hall–Kier alpha value is -2.42. The number of hydrogen-bond acceptors (Lipinski definition) is 6. The Bertz CT molecular complexity index is 895. The molecule has 3 aliphatic rings. The van der Waals surface area contributed by atoms with E-state index in [9.17, 15) is 19.8 Å². The van der Waals surface area contributed by atoms with Gasteiger partial charge in [-0.1, -0.05) is 43.9 Å². The molecule has 4 rings (SSSR count). The van der Waals surface area contributed by atoms with Gasteiger partial charge in [0.05, 0.1) is 18.6 Å². The lowest BCUT2D eigenvalue weighted by atomic mass is 9.77. The smallest absolute Gasteiger partial charge is 0.249 e. The number of carbonyl (C=O) groups is 2. The molecular formula is C26H36N2O6. The highest BCUT2D eigenvalue weighted by atomic mass is 16.5. The topological polar surface area (TPSA) is 108 Å². The van der Waals surface area contributed by atoms with Crippen molar-refractivity contribution in [3.8, 4) is 5.75 Å². The zero-order valence-electron chi connectivity index (χ0n) is 19.8. The SMILES string of the molecule is CCOCC(=O)N(C1CCCCCC1)C1C=C(C(=O)NCCO)C2c3ccccc3OC2C1O. The molecule has 0 radical (unpaired) electrons.